The van der Waals surface area contributed by atoms with Gasteiger partial charge in [0.15, 0.2) is 0 Å². The molecule has 4 rings (SSSR count). The van der Waals surface area contributed by atoms with Gasteiger partial charge in [0.2, 0.25) is 0 Å². The number of hydrogen-bond acceptors (Lipinski definition) is 4. The minimum atomic E-state index is 0.183. The predicted molar refractivity (Wildman–Crippen MR) is 163 cm³/mol. The zero-order chi connectivity index (χ0) is 29.1. The molecule has 0 aliphatic rings. The lowest BCUT2D eigenvalue weighted by atomic mass is 10.00. The van der Waals surface area contributed by atoms with Crippen molar-refractivity contribution in [2.45, 2.75) is 82.1 Å². The molecule has 0 aliphatic heterocycles. The van der Waals surface area contributed by atoms with E-state index >= 15 is 0 Å². The Labute approximate surface area is 239 Å². The molecule has 40 heavy (non-hydrogen) atoms. The van der Waals surface area contributed by atoms with Gasteiger partial charge in [0.1, 0.15) is 42.8 Å². The summed E-state index contributed by atoms with van der Waals surface area (Å²) < 4.78 is 19.0. The van der Waals surface area contributed by atoms with Crippen molar-refractivity contribution in [3.63, 3.8) is 0 Å². The highest BCUT2D eigenvalue weighted by Crippen LogP contribution is 2.32. The Kier molecular flexibility index (Phi) is 8.78. The van der Waals surface area contributed by atoms with Crippen LogP contribution in [0.1, 0.15) is 66.8 Å². The average molecular weight is 539 g/mol. The average Bonchev–Trinajstić information content (AvgIpc) is 2.93. The monoisotopic (exact) mass is 538 g/mol. The summed E-state index contributed by atoms with van der Waals surface area (Å²) in [5, 5.41) is 11.0. The van der Waals surface area contributed by atoms with E-state index in [2.05, 4.69) is 80.5 Å². The molecule has 0 bridgehead atoms. The van der Waals surface area contributed by atoms with Crippen LogP contribution in [0.3, 0.4) is 0 Å². The molecule has 1 N–H and O–H groups in total. The zero-order valence-electron chi connectivity index (χ0n) is 25.4. The summed E-state index contributed by atoms with van der Waals surface area (Å²) in [6.07, 6.45) is 0. The molecule has 4 heteroatoms. The Morgan fingerprint density at radius 2 is 0.800 bits per heavy atom. The van der Waals surface area contributed by atoms with Crippen LogP contribution in [0.2, 0.25) is 0 Å². The van der Waals surface area contributed by atoms with Crippen molar-refractivity contribution in [1.29, 1.82) is 0 Å². The second kappa shape index (κ2) is 12.1. The van der Waals surface area contributed by atoms with Crippen LogP contribution in [-0.4, -0.2) is 5.11 Å². The van der Waals surface area contributed by atoms with Gasteiger partial charge in [-0.2, -0.15) is 0 Å². The first kappa shape index (κ1) is 29.1. The zero-order valence-corrected chi connectivity index (χ0v) is 25.4. The number of phenolic OH excluding ortho intramolecular Hbond substituents is 1. The van der Waals surface area contributed by atoms with Crippen LogP contribution in [0.25, 0.3) is 0 Å². The van der Waals surface area contributed by atoms with Gasteiger partial charge < -0.3 is 19.3 Å². The van der Waals surface area contributed by atoms with Crippen LogP contribution in [0, 0.1) is 62.3 Å². The summed E-state index contributed by atoms with van der Waals surface area (Å²) >= 11 is 0. The highest BCUT2D eigenvalue weighted by molar-refractivity contribution is 5.48. The third-order valence-corrected chi connectivity index (χ3v) is 8.66. The molecule has 0 atom stereocenters. The lowest BCUT2D eigenvalue weighted by Gasteiger charge is -2.21. The van der Waals surface area contributed by atoms with Gasteiger partial charge in [0.25, 0.3) is 0 Å². The fraction of sp³-hybridized carbons (Fsp3) is 0.333. The molecule has 0 amide bonds. The number of aromatic hydroxyl groups is 1. The molecule has 0 unspecified atom stereocenters. The number of ether oxygens (including phenoxy) is 3. The molecule has 0 saturated heterocycles. The molecule has 4 aromatic carbocycles. The lowest BCUT2D eigenvalue weighted by molar-refractivity contribution is 0.267. The third kappa shape index (κ3) is 5.96. The summed E-state index contributed by atoms with van der Waals surface area (Å²) in [4.78, 5) is 0. The number of benzene rings is 4. The summed E-state index contributed by atoms with van der Waals surface area (Å²) in [6, 6.07) is 15.9. The SMILES string of the molecule is Cc1ccc(OCc2ccc(O)c(COc3ccc(C)c(C)c3C)c2COc2ccc(C)c(C)c2C)c(C)c1C. The molecule has 0 spiro atoms. The van der Waals surface area contributed by atoms with Crippen molar-refractivity contribution in [3.05, 3.63) is 115 Å². The Morgan fingerprint density at radius 3 is 1.23 bits per heavy atom. The molecule has 0 saturated carbocycles. The molecular formula is C36H42O4. The minimum Gasteiger partial charge on any atom is -0.508 e. The van der Waals surface area contributed by atoms with Gasteiger partial charge >= 0.3 is 0 Å². The maximum atomic E-state index is 11.0. The fourth-order valence-electron chi connectivity index (χ4n) is 4.92. The van der Waals surface area contributed by atoms with E-state index in [1.54, 1.807) is 6.07 Å². The molecule has 4 aromatic rings. The fourth-order valence-corrected chi connectivity index (χ4v) is 4.92. The largest absolute Gasteiger partial charge is 0.508 e. The van der Waals surface area contributed by atoms with Crippen LogP contribution in [0.4, 0.5) is 0 Å². The maximum Gasteiger partial charge on any atom is 0.123 e. The van der Waals surface area contributed by atoms with E-state index < -0.39 is 0 Å². The summed E-state index contributed by atoms with van der Waals surface area (Å²) in [7, 11) is 0. The van der Waals surface area contributed by atoms with Crippen LogP contribution in [0.5, 0.6) is 23.0 Å². The Hall–Kier alpha value is -3.92. The Balaban J connectivity index is 1.68. The standard InChI is InChI=1S/C36H42O4/c1-21-10-15-34(27(7)24(21)4)38-18-30-13-14-33(37)32(20-40-36-17-12-23(3)26(6)29(36)9)31(30)19-39-35-16-11-22(2)25(5)28(35)8/h10-17,37H,18-20H2,1-9H3. The Bertz CT molecular complexity index is 1550. The van der Waals surface area contributed by atoms with Crippen molar-refractivity contribution in [3.8, 4) is 23.0 Å². The number of hydrogen-bond donors (Lipinski definition) is 1. The van der Waals surface area contributed by atoms with E-state index in [1.807, 2.05) is 24.3 Å². The molecule has 0 radical (unpaired) electrons. The van der Waals surface area contributed by atoms with Crippen molar-refractivity contribution < 1.29 is 19.3 Å². The van der Waals surface area contributed by atoms with Gasteiger partial charge in [0.05, 0.1) is 0 Å². The van der Waals surface area contributed by atoms with Crippen LogP contribution >= 0.6 is 0 Å². The summed E-state index contributed by atoms with van der Waals surface area (Å²) in [5.41, 5.74) is 13.3. The van der Waals surface area contributed by atoms with Crippen molar-refractivity contribution in [1.82, 2.24) is 0 Å². The summed E-state index contributed by atoms with van der Waals surface area (Å²) in [5.74, 6) is 2.69. The quantitative estimate of drug-likeness (QED) is 0.231. The van der Waals surface area contributed by atoms with Crippen molar-refractivity contribution in [2.75, 3.05) is 0 Å². The molecule has 0 heterocycles. The molecule has 0 aliphatic carbocycles. The van der Waals surface area contributed by atoms with E-state index in [0.717, 1.165) is 45.1 Å². The van der Waals surface area contributed by atoms with Gasteiger partial charge in [-0.05, 0) is 142 Å². The van der Waals surface area contributed by atoms with Crippen molar-refractivity contribution >= 4 is 0 Å². The predicted octanol–water partition coefficient (Wildman–Crippen LogP) is 8.90. The van der Waals surface area contributed by atoms with Gasteiger partial charge in [-0.25, -0.2) is 0 Å². The van der Waals surface area contributed by atoms with E-state index in [9.17, 15) is 5.11 Å². The van der Waals surface area contributed by atoms with Gasteiger partial charge in [0, 0.05) is 11.1 Å². The number of phenols is 1. The Morgan fingerprint density at radius 1 is 0.425 bits per heavy atom. The second-order valence-corrected chi connectivity index (χ2v) is 11.0. The van der Waals surface area contributed by atoms with Gasteiger partial charge in [-0.15, -0.1) is 0 Å². The first-order valence-corrected chi connectivity index (χ1v) is 13.9. The van der Waals surface area contributed by atoms with E-state index in [0.29, 0.717) is 12.2 Å². The molecule has 0 fully saturated rings. The van der Waals surface area contributed by atoms with Gasteiger partial charge in [-0.3, -0.25) is 0 Å². The van der Waals surface area contributed by atoms with E-state index in [-0.39, 0.29) is 19.0 Å². The molecular weight excluding hydrogens is 496 g/mol. The van der Waals surface area contributed by atoms with Crippen LogP contribution in [0.15, 0.2) is 48.5 Å². The highest BCUT2D eigenvalue weighted by Gasteiger charge is 2.18. The van der Waals surface area contributed by atoms with E-state index in [1.165, 1.54) is 33.4 Å². The van der Waals surface area contributed by atoms with Crippen LogP contribution in [-0.2, 0) is 19.8 Å². The highest BCUT2D eigenvalue weighted by atomic mass is 16.5. The second-order valence-electron chi connectivity index (χ2n) is 11.0. The number of rotatable bonds is 9. The first-order chi connectivity index (χ1) is 19.0. The lowest BCUT2D eigenvalue weighted by Crippen LogP contribution is -2.11. The molecule has 210 valence electrons. The summed E-state index contributed by atoms with van der Waals surface area (Å²) in [6.45, 7) is 19.7. The maximum absolute atomic E-state index is 11.0. The third-order valence-electron chi connectivity index (χ3n) is 8.66. The first-order valence-electron chi connectivity index (χ1n) is 13.9. The topological polar surface area (TPSA) is 47.9 Å². The number of aryl methyl sites for hydroxylation is 3. The van der Waals surface area contributed by atoms with Crippen LogP contribution < -0.4 is 14.2 Å². The smallest absolute Gasteiger partial charge is 0.123 e. The molecule has 4 nitrogen and oxygen atoms in total. The minimum absolute atomic E-state index is 0.183. The van der Waals surface area contributed by atoms with Gasteiger partial charge in [-0.1, -0.05) is 24.3 Å². The van der Waals surface area contributed by atoms with E-state index in [4.69, 9.17) is 14.2 Å². The van der Waals surface area contributed by atoms with Crippen molar-refractivity contribution in [2.24, 2.45) is 0 Å². The normalized spacial score (nSPS) is 11.0. The molecule has 0 aromatic heterocycles.